The molecule has 1 aliphatic heterocycles. The molecule has 1 atom stereocenters. The number of unbranched alkanes of at least 4 members (excludes halogenated alkanes) is 2. The number of aliphatic carboxylic acids is 1. The molecule has 0 aromatic rings. The molecule has 1 saturated heterocycles. The lowest BCUT2D eigenvalue weighted by atomic mass is 9.89. The quantitative estimate of drug-likeness (QED) is 0.648. The van der Waals surface area contributed by atoms with Crippen LogP contribution in [0.5, 0.6) is 0 Å². The summed E-state index contributed by atoms with van der Waals surface area (Å²) in [6, 6.07) is 0. The van der Waals surface area contributed by atoms with Crippen LogP contribution in [0.3, 0.4) is 0 Å². The summed E-state index contributed by atoms with van der Waals surface area (Å²) in [5.41, 5.74) is 5.00. The molecule has 0 bridgehead atoms. The second-order valence-corrected chi connectivity index (χ2v) is 5.16. The zero-order valence-corrected chi connectivity index (χ0v) is 10.4. The molecule has 0 radical (unpaired) electrons. The van der Waals surface area contributed by atoms with Crippen molar-refractivity contribution in [2.75, 3.05) is 19.6 Å². The fourth-order valence-corrected chi connectivity index (χ4v) is 2.24. The van der Waals surface area contributed by atoms with Gasteiger partial charge < -0.3 is 15.7 Å². The summed E-state index contributed by atoms with van der Waals surface area (Å²) in [6.07, 6.45) is 3.73. The zero-order chi connectivity index (χ0) is 12.9. The second-order valence-electron chi connectivity index (χ2n) is 5.16. The molecule has 1 rings (SSSR count). The van der Waals surface area contributed by atoms with Crippen LogP contribution in [-0.2, 0) is 9.59 Å². The molecular weight excluding hydrogens is 220 g/mol. The van der Waals surface area contributed by atoms with Gasteiger partial charge in [0, 0.05) is 13.0 Å². The number of primary amides is 1. The van der Waals surface area contributed by atoms with Crippen molar-refractivity contribution in [3.63, 3.8) is 0 Å². The van der Waals surface area contributed by atoms with Gasteiger partial charge in [-0.1, -0.05) is 6.42 Å². The van der Waals surface area contributed by atoms with Crippen LogP contribution in [-0.4, -0.2) is 41.5 Å². The van der Waals surface area contributed by atoms with Gasteiger partial charge in [0.2, 0.25) is 5.91 Å². The third-order valence-corrected chi connectivity index (χ3v) is 3.51. The number of carbonyl (C=O) groups is 2. The van der Waals surface area contributed by atoms with Gasteiger partial charge in [-0.25, -0.2) is 0 Å². The van der Waals surface area contributed by atoms with Crippen molar-refractivity contribution in [2.45, 2.75) is 39.0 Å². The van der Waals surface area contributed by atoms with Crippen molar-refractivity contribution < 1.29 is 14.7 Å². The molecule has 1 amide bonds. The maximum Gasteiger partial charge on any atom is 0.303 e. The highest BCUT2D eigenvalue weighted by molar-refractivity contribution is 5.81. The van der Waals surface area contributed by atoms with Crippen molar-refractivity contribution in [1.82, 2.24) is 4.90 Å². The molecule has 98 valence electrons. The van der Waals surface area contributed by atoms with E-state index in [1.54, 1.807) is 0 Å². The minimum atomic E-state index is -0.729. The van der Waals surface area contributed by atoms with Gasteiger partial charge in [0.05, 0.1) is 5.41 Å². The summed E-state index contributed by atoms with van der Waals surface area (Å²) in [5.74, 6) is -0.946. The van der Waals surface area contributed by atoms with Crippen LogP contribution in [0.25, 0.3) is 0 Å². The van der Waals surface area contributed by atoms with Gasteiger partial charge in [-0.3, -0.25) is 9.59 Å². The standard InChI is InChI=1S/C12H22N2O3/c1-12(11(13)17)6-8-14(9-12)7-4-2-3-5-10(15)16/h2-9H2,1H3,(H2,13,17)(H,15,16). The maximum absolute atomic E-state index is 11.3. The fraction of sp³-hybridized carbons (Fsp3) is 0.833. The van der Waals surface area contributed by atoms with Gasteiger partial charge in [-0.2, -0.15) is 0 Å². The van der Waals surface area contributed by atoms with Gasteiger partial charge in [-0.05, 0) is 39.3 Å². The topological polar surface area (TPSA) is 83.6 Å². The summed E-state index contributed by atoms with van der Waals surface area (Å²) in [7, 11) is 0. The van der Waals surface area contributed by atoms with Crippen LogP contribution < -0.4 is 5.73 Å². The van der Waals surface area contributed by atoms with E-state index in [-0.39, 0.29) is 17.7 Å². The normalized spacial score (nSPS) is 25.0. The molecule has 1 fully saturated rings. The molecule has 1 aliphatic rings. The number of carboxylic acid groups (broad SMARTS) is 1. The van der Waals surface area contributed by atoms with Gasteiger partial charge >= 0.3 is 5.97 Å². The first-order chi connectivity index (χ1) is 7.94. The highest BCUT2D eigenvalue weighted by Gasteiger charge is 2.38. The number of amides is 1. The van der Waals surface area contributed by atoms with Crippen molar-refractivity contribution in [3.05, 3.63) is 0 Å². The smallest absolute Gasteiger partial charge is 0.303 e. The van der Waals surface area contributed by atoms with Crippen molar-refractivity contribution >= 4 is 11.9 Å². The highest BCUT2D eigenvalue weighted by Crippen LogP contribution is 2.29. The van der Waals surface area contributed by atoms with Crippen molar-refractivity contribution in [1.29, 1.82) is 0 Å². The van der Waals surface area contributed by atoms with Crippen molar-refractivity contribution in [2.24, 2.45) is 11.1 Å². The van der Waals surface area contributed by atoms with Gasteiger partial charge in [0.15, 0.2) is 0 Å². The van der Waals surface area contributed by atoms with E-state index < -0.39 is 5.97 Å². The summed E-state index contributed by atoms with van der Waals surface area (Å²) >= 11 is 0. The van der Waals surface area contributed by atoms with Gasteiger partial charge in [-0.15, -0.1) is 0 Å². The molecule has 17 heavy (non-hydrogen) atoms. The Labute approximate surface area is 102 Å². The Kier molecular flexibility index (Phi) is 4.93. The first kappa shape index (κ1) is 14.0. The lowest BCUT2D eigenvalue weighted by Gasteiger charge is -2.20. The Morgan fingerprint density at radius 3 is 2.59 bits per heavy atom. The van der Waals surface area contributed by atoms with Crippen molar-refractivity contribution in [3.8, 4) is 0 Å². The lowest BCUT2D eigenvalue weighted by molar-refractivity contribution is -0.137. The highest BCUT2D eigenvalue weighted by atomic mass is 16.4. The van der Waals surface area contributed by atoms with Crippen LogP contribution >= 0.6 is 0 Å². The molecular formula is C12H22N2O3. The average molecular weight is 242 g/mol. The Morgan fingerprint density at radius 1 is 1.35 bits per heavy atom. The Morgan fingerprint density at radius 2 is 2.06 bits per heavy atom. The summed E-state index contributed by atoms with van der Waals surface area (Å²) in [5, 5.41) is 8.49. The predicted octanol–water partition coefficient (Wildman–Crippen LogP) is 0.829. The molecule has 0 aliphatic carbocycles. The zero-order valence-electron chi connectivity index (χ0n) is 10.4. The van der Waals surface area contributed by atoms with E-state index in [1.807, 2.05) is 6.92 Å². The third-order valence-electron chi connectivity index (χ3n) is 3.51. The SMILES string of the molecule is CC1(C(N)=O)CCN(CCCCCC(=O)O)C1. The molecule has 0 aromatic heterocycles. The van der Waals surface area contributed by atoms with E-state index in [2.05, 4.69) is 4.90 Å². The van der Waals surface area contributed by atoms with Crippen LogP contribution in [0, 0.1) is 5.41 Å². The van der Waals surface area contributed by atoms with Gasteiger partial charge in [0.1, 0.15) is 0 Å². The Bertz CT molecular complexity index is 293. The molecule has 1 heterocycles. The molecule has 0 saturated carbocycles. The van der Waals surface area contributed by atoms with E-state index in [1.165, 1.54) is 0 Å². The number of likely N-dealkylation sites (tertiary alicyclic amines) is 1. The van der Waals surface area contributed by atoms with E-state index in [4.69, 9.17) is 10.8 Å². The van der Waals surface area contributed by atoms with Gasteiger partial charge in [0.25, 0.3) is 0 Å². The molecule has 0 spiro atoms. The van der Waals surface area contributed by atoms with Crippen LogP contribution in [0.1, 0.15) is 39.0 Å². The summed E-state index contributed by atoms with van der Waals surface area (Å²) in [6.45, 7) is 4.50. The van der Waals surface area contributed by atoms with Crippen LogP contribution in [0.15, 0.2) is 0 Å². The Hall–Kier alpha value is -1.10. The molecule has 5 nitrogen and oxygen atoms in total. The first-order valence-corrected chi connectivity index (χ1v) is 6.18. The lowest BCUT2D eigenvalue weighted by Crippen LogP contribution is -2.37. The maximum atomic E-state index is 11.3. The third kappa shape index (κ3) is 4.34. The Balaban J connectivity index is 2.14. The van der Waals surface area contributed by atoms with E-state index in [0.29, 0.717) is 0 Å². The number of rotatable bonds is 7. The number of nitrogens with zero attached hydrogens (tertiary/aromatic N) is 1. The van der Waals surface area contributed by atoms with Crippen LogP contribution in [0.2, 0.25) is 0 Å². The molecule has 5 heteroatoms. The number of carboxylic acids is 1. The minimum Gasteiger partial charge on any atom is -0.481 e. The summed E-state index contributed by atoms with van der Waals surface area (Å²) < 4.78 is 0. The molecule has 1 unspecified atom stereocenters. The first-order valence-electron chi connectivity index (χ1n) is 6.18. The minimum absolute atomic E-state index is 0.217. The molecule has 0 aromatic carbocycles. The average Bonchev–Trinajstić information content (AvgIpc) is 2.61. The van der Waals surface area contributed by atoms with E-state index >= 15 is 0 Å². The number of carbonyl (C=O) groups excluding carboxylic acids is 1. The van der Waals surface area contributed by atoms with E-state index in [9.17, 15) is 9.59 Å². The molecule has 3 N–H and O–H groups in total. The second kappa shape index (κ2) is 6.00. The predicted molar refractivity (Wildman–Crippen MR) is 64.5 cm³/mol. The fourth-order valence-electron chi connectivity index (χ4n) is 2.24. The van der Waals surface area contributed by atoms with Crippen LogP contribution in [0.4, 0.5) is 0 Å². The monoisotopic (exact) mass is 242 g/mol. The summed E-state index contributed by atoms with van der Waals surface area (Å²) in [4.78, 5) is 23.8. The van der Waals surface area contributed by atoms with E-state index in [0.717, 1.165) is 45.3 Å². The largest absolute Gasteiger partial charge is 0.481 e. The number of nitrogens with two attached hydrogens (primary N) is 1. The number of hydrogen-bond acceptors (Lipinski definition) is 3. The number of hydrogen-bond donors (Lipinski definition) is 2.